The van der Waals surface area contributed by atoms with Crippen LogP contribution in [-0.2, 0) is 19.9 Å². The summed E-state index contributed by atoms with van der Waals surface area (Å²) in [6, 6.07) is 0. The number of hydrogen-bond donors (Lipinski definition) is 1. The van der Waals surface area contributed by atoms with Gasteiger partial charge in [-0.05, 0) is 25.3 Å². The molecule has 0 spiro atoms. The van der Waals surface area contributed by atoms with Crippen molar-refractivity contribution in [1.29, 1.82) is 0 Å². The van der Waals surface area contributed by atoms with Crippen LogP contribution in [0, 0.1) is 0 Å². The average Bonchev–Trinajstić information content (AvgIpc) is 3.34. The zero-order valence-electron chi connectivity index (χ0n) is 15.8. The van der Waals surface area contributed by atoms with Crippen LogP contribution >= 0.6 is 35.3 Å². The van der Waals surface area contributed by atoms with Crippen LogP contribution < -0.4 is 5.32 Å². The molecule has 1 aliphatic heterocycles. The van der Waals surface area contributed by atoms with Gasteiger partial charge in [-0.25, -0.2) is 4.98 Å². The van der Waals surface area contributed by atoms with E-state index in [1.807, 2.05) is 24.1 Å². The van der Waals surface area contributed by atoms with Crippen LogP contribution in [0.1, 0.15) is 41.6 Å². The van der Waals surface area contributed by atoms with Crippen molar-refractivity contribution >= 4 is 41.3 Å². The van der Waals surface area contributed by atoms with E-state index in [0.717, 1.165) is 51.4 Å². The Morgan fingerprint density at radius 3 is 2.88 bits per heavy atom. The van der Waals surface area contributed by atoms with Crippen LogP contribution in [0.5, 0.6) is 0 Å². The van der Waals surface area contributed by atoms with Gasteiger partial charge in [-0.1, -0.05) is 6.92 Å². The van der Waals surface area contributed by atoms with E-state index in [-0.39, 0.29) is 24.0 Å². The van der Waals surface area contributed by atoms with Crippen molar-refractivity contribution < 1.29 is 0 Å². The van der Waals surface area contributed by atoms with Crippen molar-refractivity contribution in [3.8, 4) is 0 Å². The number of thiazole rings is 1. The standard InChI is InChI=1S/C18H28N6S.HI/c1-4-16-11-21-17(25-16)6-8-20-18(19-5-2)24-9-7-14(13-24)15-10-22-23(3)12-15;/h10-12,14H,4-9,13H2,1-3H3,(H,19,20);1H. The van der Waals surface area contributed by atoms with Gasteiger partial charge in [-0.2, -0.15) is 5.10 Å². The van der Waals surface area contributed by atoms with Gasteiger partial charge in [0, 0.05) is 62.8 Å². The Hall–Kier alpha value is -1.16. The van der Waals surface area contributed by atoms with E-state index >= 15 is 0 Å². The molecule has 8 heteroatoms. The first-order valence-electron chi connectivity index (χ1n) is 9.15. The Morgan fingerprint density at radius 2 is 2.23 bits per heavy atom. The second-order valence-electron chi connectivity index (χ2n) is 6.44. The first-order valence-corrected chi connectivity index (χ1v) is 9.96. The number of likely N-dealkylation sites (tertiary alicyclic amines) is 1. The number of rotatable bonds is 6. The molecule has 3 rings (SSSR count). The molecule has 1 unspecified atom stereocenters. The first-order chi connectivity index (χ1) is 12.2. The number of hydrogen-bond acceptors (Lipinski definition) is 4. The van der Waals surface area contributed by atoms with E-state index in [2.05, 4.69) is 40.3 Å². The highest BCUT2D eigenvalue weighted by atomic mass is 127. The lowest BCUT2D eigenvalue weighted by atomic mass is 10.0. The summed E-state index contributed by atoms with van der Waals surface area (Å²) in [6.45, 7) is 8.03. The number of nitrogens with one attached hydrogen (secondary N) is 1. The van der Waals surface area contributed by atoms with Crippen LogP contribution in [0.3, 0.4) is 0 Å². The van der Waals surface area contributed by atoms with E-state index in [1.165, 1.54) is 15.4 Å². The summed E-state index contributed by atoms with van der Waals surface area (Å²) in [6.07, 6.45) is 9.25. The molecule has 3 heterocycles. The van der Waals surface area contributed by atoms with Gasteiger partial charge in [0.2, 0.25) is 0 Å². The Labute approximate surface area is 177 Å². The van der Waals surface area contributed by atoms with Gasteiger partial charge in [-0.3, -0.25) is 9.67 Å². The molecule has 0 saturated carbocycles. The molecular weight excluding hydrogens is 459 g/mol. The van der Waals surface area contributed by atoms with Crippen molar-refractivity contribution in [2.24, 2.45) is 12.0 Å². The molecule has 6 nitrogen and oxygen atoms in total. The lowest BCUT2D eigenvalue weighted by Crippen LogP contribution is -2.40. The van der Waals surface area contributed by atoms with Gasteiger partial charge in [0.25, 0.3) is 0 Å². The first kappa shape index (κ1) is 21.1. The summed E-state index contributed by atoms with van der Waals surface area (Å²) in [4.78, 5) is 13.1. The third kappa shape index (κ3) is 5.42. The molecule has 1 aliphatic rings. The molecule has 0 aliphatic carbocycles. The zero-order chi connectivity index (χ0) is 17.6. The predicted octanol–water partition coefficient (Wildman–Crippen LogP) is 3.05. The van der Waals surface area contributed by atoms with Crippen molar-refractivity contribution in [3.05, 3.63) is 34.0 Å². The molecule has 1 fully saturated rings. The lowest BCUT2D eigenvalue weighted by molar-refractivity contribution is 0.486. The quantitative estimate of drug-likeness (QED) is 0.386. The number of guanidine groups is 1. The highest BCUT2D eigenvalue weighted by Gasteiger charge is 2.26. The number of aromatic nitrogens is 3. The minimum Gasteiger partial charge on any atom is -0.357 e. The largest absolute Gasteiger partial charge is 0.357 e. The summed E-state index contributed by atoms with van der Waals surface area (Å²) in [7, 11) is 1.98. The normalized spacial score (nSPS) is 17.4. The highest BCUT2D eigenvalue weighted by molar-refractivity contribution is 14.0. The summed E-state index contributed by atoms with van der Waals surface area (Å²) in [5, 5.41) is 8.93. The van der Waals surface area contributed by atoms with E-state index in [9.17, 15) is 0 Å². The third-order valence-corrected chi connectivity index (χ3v) is 5.76. The van der Waals surface area contributed by atoms with Gasteiger partial charge in [0.05, 0.1) is 11.2 Å². The molecule has 0 amide bonds. The molecule has 144 valence electrons. The van der Waals surface area contributed by atoms with Gasteiger partial charge in [0.15, 0.2) is 5.96 Å². The van der Waals surface area contributed by atoms with Gasteiger partial charge in [0.1, 0.15) is 0 Å². The molecule has 1 atom stereocenters. The molecule has 2 aromatic rings. The van der Waals surface area contributed by atoms with Crippen LogP contribution in [0.15, 0.2) is 23.6 Å². The molecular formula is C18H29IN6S. The van der Waals surface area contributed by atoms with E-state index in [4.69, 9.17) is 4.99 Å². The lowest BCUT2D eigenvalue weighted by Gasteiger charge is -2.21. The maximum atomic E-state index is 4.84. The number of nitrogens with zero attached hydrogens (tertiary/aromatic N) is 5. The van der Waals surface area contributed by atoms with E-state index in [0.29, 0.717) is 5.92 Å². The van der Waals surface area contributed by atoms with Crippen molar-refractivity contribution in [2.75, 3.05) is 26.2 Å². The number of halogens is 1. The van der Waals surface area contributed by atoms with Crippen LogP contribution in [0.25, 0.3) is 0 Å². The Morgan fingerprint density at radius 1 is 1.38 bits per heavy atom. The summed E-state index contributed by atoms with van der Waals surface area (Å²) in [5.74, 6) is 1.57. The van der Waals surface area contributed by atoms with Crippen LogP contribution in [0.2, 0.25) is 0 Å². The zero-order valence-corrected chi connectivity index (χ0v) is 19.0. The fraction of sp³-hybridized carbons (Fsp3) is 0.611. The van der Waals surface area contributed by atoms with Gasteiger partial charge >= 0.3 is 0 Å². The van der Waals surface area contributed by atoms with E-state index in [1.54, 1.807) is 11.3 Å². The van der Waals surface area contributed by atoms with E-state index < -0.39 is 0 Å². The van der Waals surface area contributed by atoms with Crippen molar-refractivity contribution in [2.45, 2.75) is 39.0 Å². The maximum absolute atomic E-state index is 4.84. The Kier molecular flexibility index (Phi) is 8.33. The molecule has 0 radical (unpaired) electrons. The Bertz CT molecular complexity index is 710. The summed E-state index contributed by atoms with van der Waals surface area (Å²) >= 11 is 1.81. The minimum absolute atomic E-state index is 0. The fourth-order valence-corrected chi connectivity index (χ4v) is 4.04. The topological polar surface area (TPSA) is 58.3 Å². The second-order valence-corrected chi connectivity index (χ2v) is 7.64. The minimum atomic E-state index is 0. The molecule has 1 N–H and O–H groups in total. The summed E-state index contributed by atoms with van der Waals surface area (Å²) in [5.41, 5.74) is 1.33. The average molecular weight is 488 g/mol. The second kappa shape index (κ2) is 10.2. The SMILES string of the molecule is CCNC(=NCCc1ncc(CC)s1)N1CCC(c2cnn(C)c2)C1.I. The third-order valence-electron chi connectivity index (χ3n) is 4.56. The number of aliphatic imine (C=N–C) groups is 1. The Balaban J connectivity index is 0.00000243. The monoisotopic (exact) mass is 488 g/mol. The van der Waals surface area contributed by atoms with Crippen molar-refractivity contribution in [1.82, 2.24) is 25.0 Å². The van der Waals surface area contributed by atoms with Crippen molar-refractivity contribution in [3.63, 3.8) is 0 Å². The number of aryl methyl sites for hydroxylation is 2. The molecule has 0 aromatic carbocycles. The van der Waals surface area contributed by atoms with Crippen LogP contribution in [-0.4, -0.2) is 51.8 Å². The molecule has 2 aromatic heterocycles. The van der Waals surface area contributed by atoms with Crippen LogP contribution in [0.4, 0.5) is 0 Å². The smallest absolute Gasteiger partial charge is 0.193 e. The fourth-order valence-electron chi connectivity index (χ4n) is 3.19. The van der Waals surface area contributed by atoms with Gasteiger partial charge < -0.3 is 10.2 Å². The summed E-state index contributed by atoms with van der Waals surface area (Å²) < 4.78 is 1.88. The predicted molar refractivity (Wildman–Crippen MR) is 119 cm³/mol. The highest BCUT2D eigenvalue weighted by Crippen LogP contribution is 2.26. The molecule has 26 heavy (non-hydrogen) atoms. The maximum Gasteiger partial charge on any atom is 0.193 e. The molecule has 0 bridgehead atoms. The molecule has 1 saturated heterocycles. The van der Waals surface area contributed by atoms with Gasteiger partial charge in [-0.15, -0.1) is 35.3 Å².